The van der Waals surface area contributed by atoms with E-state index < -0.39 is 21.5 Å². The Morgan fingerprint density at radius 2 is 1.92 bits per heavy atom. The van der Waals surface area contributed by atoms with E-state index in [1.54, 1.807) is 41.8 Å². The predicted molar refractivity (Wildman–Crippen MR) is 105 cm³/mol. The summed E-state index contributed by atoms with van der Waals surface area (Å²) in [5.74, 6) is -1.18. The lowest BCUT2D eigenvalue weighted by Gasteiger charge is -2.16. The lowest BCUT2D eigenvalue weighted by atomic mass is 10.1. The van der Waals surface area contributed by atoms with Crippen LogP contribution in [0, 0.1) is 0 Å². The first-order valence-corrected chi connectivity index (χ1v) is 11.6. The molecule has 0 spiro atoms. The highest BCUT2D eigenvalue weighted by molar-refractivity contribution is 7.91. The number of thiophene rings is 1. The molecule has 1 aromatic carbocycles. The number of aromatic nitrogens is 1. The van der Waals surface area contributed by atoms with E-state index in [1.807, 2.05) is 28.3 Å². The minimum absolute atomic E-state index is 0.145. The Morgan fingerprint density at radius 1 is 1.12 bits per heavy atom. The van der Waals surface area contributed by atoms with E-state index in [4.69, 9.17) is 0 Å². The minimum Gasteiger partial charge on any atom is -0.346 e. The number of benzene rings is 1. The second kappa shape index (κ2) is 8.57. The normalized spacial score (nSPS) is 12.6. The first kappa shape index (κ1) is 18.8. The maximum Gasteiger partial charge on any atom is 0.235 e. The van der Waals surface area contributed by atoms with E-state index >= 15 is 0 Å². The summed E-state index contributed by atoms with van der Waals surface area (Å²) in [5, 5.41) is 9.43. The molecule has 5 nitrogen and oxygen atoms in total. The highest BCUT2D eigenvalue weighted by Gasteiger charge is 2.22. The molecule has 0 unspecified atom stereocenters. The average Bonchev–Trinajstić information content (AvgIpc) is 3.28. The monoisotopic (exact) mass is 406 g/mol. The fourth-order valence-electron chi connectivity index (χ4n) is 2.57. The van der Waals surface area contributed by atoms with Crippen molar-refractivity contribution in [1.82, 2.24) is 10.3 Å². The molecule has 0 aliphatic rings. The molecule has 1 amide bonds. The molecule has 1 N–H and O–H groups in total. The second-order valence-electron chi connectivity index (χ2n) is 5.84. The van der Waals surface area contributed by atoms with Crippen LogP contribution in [-0.2, 0) is 26.8 Å². The fourth-order valence-corrected chi connectivity index (χ4v) is 5.22. The molecule has 2 heterocycles. The molecule has 3 aromatic rings. The summed E-state index contributed by atoms with van der Waals surface area (Å²) in [7, 11) is -3.54. The van der Waals surface area contributed by atoms with E-state index in [9.17, 15) is 13.2 Å². The van der Waals surface area contributed by atoms with Gasteiger partial charge in [-0.05, 0) is 28.0 Å². The SMILES string of the molecule is O=C(CS(=O)(=O)Cc1ccccc1)N[C@H](Cc1ccsc1)c1nccs1. The van der Waals surface area contributed by atoms with Crippen LogP contribution in [0.3, 0.4) is 0 Å². The minimum atomic E-state index is -3.54. The molecule has 0 fully saturated rings. The fraction of sp³-hybridized carbons (Fsp3) is 0.222. The molecule has 0 aliphatic carbocycles. The number of carbonyl (C=O) groups is 1. The highest BCUT2D eigenvalue weighted by Crippen LogP contribution is 2.22. The second-order valence-corrected chi connectivity index (χ2v) is 9.61. The summed E-state index contributed by atoms with van der Waals surface area (Å²) in [6.45, 7) is 0. The lowest BCUT2D eigenvalue weighted by molar-refractivity contribution is -0.119. The Morgan fingerprint density at radius 3 is 2.58 bits per heavy atom. The average molecular weight is 407 g/mol. The number of hydrogen-bond donors (Lipinski definition) is 1. The van der Waals surface area contributed by atoms with Gasteiger partial charge in [0.25, 0.3) is 0 Å². The van der Waals surface area contributed by atoms with Gasteiger partial charge in [-0.15, -0.1) is 11.3 Å². The summed E-state index contributed by atoms with van der Waals surface area (Å²) < 4.78 is 24.6. The largest absolute Gasteiger partial charge is 0.346 e. The van der Waals surface area contributed by atoms with Crippen LogP contribution < -0.4 is 5.32 Å². The van der Waals surface area contributed by atoms with Gasteiger partial charge in [-0.1, -0.05) is 30.3 Å². The number of sulfone groups is 1. The van der Waals surface area contributed by atoms with Gasteiger partial charge in [0.15, 0.2) is 9.84 Å². The Balaban J connectivity index is 1.65. The van der Waals surface area contributed by atoms with Crippen molar-refractivity contribution in [3.63, 3.8) is 0 Å². The topological polar surface area (TPSA) is 76.1 Å². The van der Waals surface area contributed by atoms with Crippen molar-refractivity contribution >= 4 is 38.4 Å². The van der Waals surface area contributed by atoms with E-state index in [2.05, 4.69) is 10.3 Å². The van der Waals surface area contributed by atoms with Gasteiger partial charge in [0.1, 0.15) is 10.8 Å². The zero-order valence-corrected chi connectivity index (χ0v) is 16.3. The summed E-state index contributed by atoms with van der Waals surface area (Å²) in [6.07, 6.45) is 2.26. The third-order valence-electron chi connectivity index (χ3n) is 3.69. The van der Waals surface area contributed by atoms with Gasteiger partial charge in [-0.2, -0.15) is 11.3 Å². The molecule has 2 aromatic heterocycles. The van der Waals surface area contributed by atoms with Crippen molar-refractivity contribution < 1.29 is 13.2 Å². The third kappa shape index (κ3) is 5.48. The van der Waals surface area contributed by atoms with Gasteiger partial charge < -0.3 is 5.32 Å². The number of nitrogens with one attached hydrogen (secondary N) is 1. The van der Waals surface area contributed by atoms with Gasteiger partial charge in [0.2, 0.25) is 5.91 Å². The Kier molecular flexibility index (Phi) is 6.18. The molecule has 0 aliphatic heterocycles. The van der Waals surface area contributed by atoms with Crippen molar-refractivity contribution in [2.24, 2.45) is 0 Å². The van der Waals surface area contributed by atoms with E-state index in [1.165, 1.54) is 11.3 Å². The van der Waals surface area contributed by atoms with Gasteiger partial charge in [-0.3, -0.25) is 4.79 Å². The number of nitrogens with zero attached hydrogens (tertiary/aromatic N) is 1. The number of rotatable bonds is 8. The van der Waals surface area contributed by atoms with Crippen LogP contribution in [0.4, 0.5) is 0 Å². The van der Waals surface area contributed by atoms with E-state index in [0.717, 1.165) is 10.6 Å². The van der Waals surface area contributed by atoms with Crippen molar-refractivity contribution in [2.45, 2.75) is 18.2 Å². The van der Waals surface area contributed by atoms with E-state index in [0.29, 0.717) is 12.0 Å². The molecule has 8 heteroatoms. The molecule has 3 rings (SSSR count). The number of amides is 1. The van der Waals surface area contributed by atoms with Gasteiger partial charge >= 0.3 is 0 Å². The Bertz CT molecular complexity index is 921. The van der Waals surface area contributed by atoms with Crippen LogP contribution in [0.15, 0.2) is 58.7 Å². The summed E-state index contributed by atoms with van der Waals surface area (Å²) in [6, 6.07) is 10.5. The van der Waals surface area contributed by atoms with Crippen molar-refractivity contribution in [3.8, 4) is 0 Å². The lowest BCUT2D eigenvalue weighted by Crippen LogP contribution is -2.34. The quantitative estimate of drug-likeness (QED) is 0.623. The van der Waals surface area contributed by atoms with Crippen molar-refractivity contribution in [2.75, 3.05) is 5.75 Å². The van der Waals surface area contributed by atoms with Crippen LogP contribution in [-0.4, -0.2) is 25.1 Å². The van der Waals surface area contributed by atoms with Crippen LogP contribution in [0.1, 0.15) is 22.2 Å². The molecular weight excluding hydrogens is 388 g/mol. The number of hydrogen-bond acceptors (Lipinski definition) is 6. The third-order valence-corrected chi connectivity index (χ3v) is 6.78. The molecule has 0 radical (unpaired) electrons. The molecule has 0 saturated heterocycles. The summed E-state index contributed by atoms with van der Waals surface area (Å²) in [5.41, 5.74) is 1.76. The molecule has 0 saturated carbocycles. The zero-order chi connectivity index (χ0) is 18.4. The molecule has 26 heavy (non-hydrogen) atoms. The van der Waals surface area contributed by atoms with Gasteiger partial charge in [0, 0.05) is 18.0 Å². The molecule has 0 bridgehead atoms. The predicted octanol–water partition coefficient (Wildman–Crippen LogP) is 3.22. The van der Waals surface area contributed by atoms with Crippen molar-refractivity contribution in [1.29, 1.82) is 0 Å². The van der Waals surface area contributed by atoms with Crippen LogP contribution in [0.5, 0.6) is 0 Å². The number of carbonyl (C=O) groups excluding carboxylic acids is 1. The zero-order valence-electron chi connectivity index (χ0n) is 13.9. The van der Waals surface area contributed by atoms with Crippen LogP contribution in [0.25, 0.3) is 0 Å². The molecule has 136 valence electrons. The van der Waals surface area contributed by atoms with Gasteiger partial charge in [-0.25, -0.2) is 13.4 Å². The van der Waals surface area contributed by atoms with Crippen LogP contribution in [0.2, 0.25) is 0 Å². The molecule has 1 atom stereocenters. The standard InChI is InChI=1S/C18H18N2O3S3/c21-17(13-26(22,23)12-14-4-2-1-3-5-14)20-16(18-19-7-9-25-18)10-15-6-8-24-11-15/h1-9,11,16H,10,12-13H2,(H,20,21)/t16-/m1/s1. The molecular formula is C18H18N2O3S3. The highest BCUT2D eigenvalue weighted by atomic mass is 32.2. The first-order valence-electron chi connectivity index (χ1n) is 7.96. The maximum absolute atomic E-state index is 12.4. The summed E-state index contributed by atoms with van der Waals surface area (Å²) >= 11 is 3.03. The smallest absolute Gasteiger partial charge is 0.235 e. The van der Waals surface area contributed by atoms with Gasteiger partial charge in [0.05, 0.1) is 11.8 Å². The van der Waals surface area contributed by atoms with E-state index in [-0.39, 0.29) is 11.8 Å². The Hall–Kier alpha value is -2.03. The maximum atomic E-state index is 12.4. The first-order chi connectivity index (χ1) is 12.5. The summed E-state index contributed by atoms with van der Waals surface area (Å²) in [4.78, 5) is 16.6. The van der Waals surface area contributed by atoms with Crippen LogP contribution >= 0.6 is 22.7 Å². The Labute approximate surface area is 160 Å². The van der Waals surface area contributed by atoms with Crippen molar-refractivity contribution in [3.05, 3.63) is 74.9 Å². The number of thiazole rings is 1.